The fourth-order valence-corrected chi connectivity index (χ4v) is 5.64. The van der Waals surface area contributed by atoms with Crippen molar-refractivity contribution in [2.45, 2.75) is 83.7 Å². The number of fused-ring (bicyclic) bond motifs is 1. The van der Waals surface area contributed by atoms with E-state index in [1.54, 1.807) is 6.20 Å². The molecule has 31 heavy (non-hydrogen) atoms. The Morgan fingerprint density at radius 1 is 1.23 bits per heavy atom. The summed E-state index contributed by atoms with van der Waals surface area (Å²) in [4.78, 5) is 17.1. The number of hydrogen-bond donors (Lipinski definition) is 1. The number of rotatable bonds is 5. The smallest absolute Gasteiger partial charge is 0.228 e. The molecule has 168 valence electrons. The molecule has 1 aliphatic carbocycles. The van der Waals surface area contributed by atoms with Gasteiger partial charge in [0.2, 0.25) is 5.91 Å². The molecule has 6 nitrogen and oxygen atoms in total. The average Bonchev–Trinajstić information content (AvgIpc) is 3.09. The molecule has 1 fully saturated rings. The Morgan fingerprint density at radius 2 is 1.97 bits per heavy atom. The maximum Gasteiger partial charge on any atom is 0.228 e. The number of carbonyl (C=O) groups excluding carboxylic acids is 1. The third-order valence-corrected chi connectivity index (χ3v) is 11.9. The van der Waals surface area contributed by atoms with Gasteiger partial charge in [-0.25, -0.2) is 4.98 Å². The van der Waals surface area contributed by atoms with Crippen LogP contribution in [0.3, 0.4) is 0 Å². The van der Waals surface area contributed by atoms with E-state index in [-0.39, 0.29) is 23.0 Å². The summed E-state index contributed by atoms with van der Waals surface area (Å²) in [5.74, 6) is 0.515. The van der Waals surface area contributed by atoms with Crippen molar-refractivity contribution in [2.75, 3.05) is 5.32 Å². The molecular formula is C23H33ClN4O2Si. The minimum atomic E-state index is -1.80. The predicted molar refractivity (Wildman–Crippen MR) is 127 cm³/mol. The summed E-state index contributed by atoms with van der Waals surface area (Å²) >= 11 is 6.46. The lowest BCUT2D eigenvalue weighted by Gasteiger charge is -2.44. The van der Waals surface area contributed by atoms with Crippen molar-refractivity contribution in [1.29, 1.82) is 0 Å². The van der Waals surface area contributed by atoms with Crippen molar-refractivity contribution >= 4 is 31.6 Å². The van der Waals surface area contributed by atoms with Crippen molar-refractivity contribution in [3.05, 3.63) is 29.2 Å². The summed E-state index contributed by atoms with van der Waals surface area (Å²) in [5.41, 5.74) is 3.12. The summed E-state index contributed by atoms with van der Waals surface area (Å²) < 4.78 is 8.48. The highest BCUT2D eigenvalue weighted by molar-refractivity contribution is 6.74. The molecule has 1 aliphatic heterocycles. The molecule has 4 rings (SSSR count). The van der Waals surface area contributed by atoms with Crippen molar-refractivity contribution in [3.8, 4) is 11.1 Å². The Kier molecular flexibility index (Phi) is 6.05. The fourth-order valence-electron chi connectivity index (χ4n) is 4.06. The molecule has 0 unspecified atom stereocenters. The molecular weight excluding hydrogens is 428 g/mol. The first-order chi connectivity index (χ1) is 14.5. The van der Waals surface area contributed by atoms with Gasteiger partial charge in [-0.05, 0) is 56.3 Å². The number of aryl methyl sites for hydroxylation is 1. The number of aromatic nitrogens is 3. The van der Waals surface area contributed by atoms with E-state index in [4.69, 9.17) is 16.0 Å². The van der Waals surface area contributed by atoms with Crippen LogP contribution in [0.4, 0.5) is 5.82 Å². The first-order valence-corrected chi connectivity index (χ1v) is 14.5. The van der Waals surface area contributed by atoms with Crippen molar-refractivity contribution in [2.24, 2.45) is 5.92 Å². The molecule has 3 heterocycles. The van der Waals surface area contributed by atoms with E-state index in [9.17, 15) is 4.79 Å². The fraction of sp³-hybridized carbons (Fsp3) is 0.609. The first kappa shape index (κ1) is 22.5. The molecule has 8 heteroatoms. The number of hydrogen-bond acceptors (Lipinski definition) is 4. The summed E-state index contributed by atoms with van der Waals surface area (Å²) in [6, 6.07) is 1.87. The number of amides is 1. The van der Waals surface area contributed by atoms with Gasteiger partial charge in [-0.1, -0.05) is 32.4 Å². The first-order valence-electron chi connectivity index (χ1n) is 11.2. The number of carbonyl (C=O) groups is 1. The highest BCUT2D eigenvalue weighted by Crippen LogP contribution is 2.42. The Labute approximate surface area is 190 Å². The van der Waals surface area contributed by atoms with Gasteiger partial charge in [-0.15, -0.1) is 0 Å². The van der Waals surface area contributed by atoms with E-state index in [1.165, 1.54) is 5.69 Å². The highest BCUT2D eigenvalue weighted by atomic mass is 35.5. The van der Waals surface area contributed by atoms with E-state index in [0.717, 1.165) is 49.8 Å². The van der Waals surface area contributed by atoms with Crippen LogP contribution in [0.15, 0.2) is 18.5 Å². The van der Waals surface area contributed by atoms with Gasteiger partial charge in [0.1, 0.15) is 5.82 Å². The van der Waals surface area contributed by atoms with Crippen LogP contribution in [-0.2, 0) is 22.2 Å². The Hall–Kier alpha value is -1.70. The summed E-state index contributed by atoms with van der Waals surface area (Å²) in [6.07, 6.45) is 8.53. The number of anilines is 1. The summed E-state index contributed by atoms with van der Waals surface area (Å²) in [6.45, 7) is 12.2. The van der Waals surface area contributed by atoms with Crippen molar-refractivity contribution in [1.82, 2.24) is 14.8 Å². The largest absolute Gasteiger partial charge is 0.414 e. The van der Waals surface area contributed by atoms with Gasteiger partial charge in [-0.2, -0.15) is 5.10 Å². The molecule has 0 radical (unpaired) electrons. The van der Waals surface area contributed by atoms with Crippen LogP contribution in [0.1, 0.15) is 52.1 Å². The number of nitrogens with one attached hydrogen (secondary N) is 1. The second kappa shape index (κ2) is 8.33. The van der Waals surface area contributed by atoms with Gasteiger partial charge in [0.15, 0.2) is 8.32 Å². The van der Waals surface area contributed by atoms with E-state index in [1.807, 2.05) is 12.3 Å². The predicted octanol–water partition coefficient (Wildman–Crippen LogP) is 5.67. The lowest BCUT2D eigenvalue weighted by molar-refractivity contribution is -0.125. The van der Waals surface area contributed by atoms with Crippen LogP contribution < -0.4 is 5.32 Å². The zero-order chi connectivity index (χ0) is 22.4. The molecule has 1 amide bonds. The van der Waals surface area contributed by atoms with Crippen LogP contribution >= 0.6 is 11.6 Å². The third kappa shape index (κ3) is 4.59. The lowest BCUT2D eigenvalue weighted by Crippen LogP contribution is -2.49. The standard InChI is InChI=1S/C23H33ClN4O2Si/c1-23(2,3)31(4,5)30-16-10-15(11-16)22(29)27-21-12-17(19(24)14-25-21)18-13-26-28-9-7-6-8-20(18)28/h12-16H,6-11H2,1-5H3,(H,25,27,29). The number of halogens is 1. The van der Waals surface area contributed by atoms with E-state index < -0.39 is 8.32 Å². The van der Waals surface area contributed by atoms with E-state index in [2.05, 4.69) is 53.9 Å². The summed E-state index contributed by atoms with van der Waals surface area (Å²) in [7, 11) is -1.80. The molecule has 0 aromatic carbocycles. The minimum absolute atomic E-state index is 0.00730. The van der Waals surface area contributed by atoms with Crippen LogP contribution in [0.2, 0.25) is 23.2 Å². The zero-order valence-corrected chi connectivity index (χ0v) is 20.9. The van der Waals surface area contributed by atoms with Gasteiger partial charge in [0.05, 0.1) is 11.2 Å². The number of pyridine rings is 1. The van der Waals surface area contributed by atoms with Crippen LogP contribution in [0.5, 0.6) is 0 Å². The minimum Gasteiger partial charge on any atom is -0.414 e. The SMILES string of the molecule is CC(C)(C)[Si](C)(C)OC1CC(C(=O)Nc2cc(-c3cnn4c3CCCC4)c(Cl)cn2)C1. The van der Waals surface area contributed by atoms with Gasteiger partial charge >= 0.3 is 0 Å². The quantitative estimate of drug-likeness (QED) is 0.583. The van der Waals surface area contributed by atoms with Gasteiger partial charge in [-0.3, -0.25) is 9.48 Å². The highest BCUT2D eigenvalue weighted by Gasteiger charge is 2.44. The van der Waals surface area contributed by atoms with Gasteiger partial charge < -0.3 is 9.74 Å². The van der Waals surface area contributed by atoms with Crippen LogP contribution in [0.25, 0.3) is 11.1 Å². The van der Waals surface area contributed by atoms with E-state index >= 15 is 0 Å². The normalized spacial score (nSPS) is 21.4. The zero-order valence-electron chi connectivity index (χ0n) is 19.2. The van der Waals surface area contributed by atoms with E-state index in [0.29, 0.717) is 10.8 Å². The maximum atomic E-state index is 12.8. The Bertz CT molecular complexity index is 976. The molecule has 2 aliphatic rings. The molecule has 0 spiro atoms. The number of nitrogens with zero attached hydrogens (tertiary/aromatic N) is 3. The summed E-state index contributed by atoms with van der Waals surface area (Å²) in [5, 5.41) is 8.25. The van der Waals surface area contributed by atoms with Crippen LogP contribution in [0, 0.1) is 5.92 Å². The molecule has 2 aromatic rings. The third-order valence-electron chi connectivity index (χ3n) is 7.11. The molecule has 1 saturated carbocycles. The molecule has 1 N–H and O–H groups in total. The second-order valence-electron chi connectivity index (χ2n) is 10.4. The van der Waals surface area contributed by atoms with Gasteiger partial charge in [0, 0.05) is 41.6 Å². The topological polar surface area (TPSA) is 69.0 Å². The van der Waals surface area contributed by atoms with Crippen molar-refractivity contribution < 1.29 is 9.22 Å². The molecule has 2 aromatic heterocycles. The van der Waals surface area contributed by atoms with Gasteiger partial charge in [0.25, 0.3) is 0 Å². The average molecular weight is 461 g/mol. The van der Waals surface area contributed by atoms with Crippen LogP contribution in [-0.4, -0.2) is 35.1 Å². The molecule has 0 saturated heterocycles. The van der Waals surface area contributed by atoms with Crippen molar-refractivity contribution in [3.63, 3.8) is 0 Å². The monoisotopic (exact) mass is 460 g/mol. The lowest BCUT2D eigenvalue weighted by atomic mass is 9.82. The molecule has 0 bridgehead atoms. The second-order valence-corrected chi connectivity index (χ2v) is 15.6. The maximum absolute atomic E-state index is 12.8. The Morgan fingerprint density at radius 3 is 2.68 bits per heavy atom. The Balaban J connectivity index is 1.40. The molecule has 0 atom stereocenters.